The van der Waals surface area contributed by atoms with Crippen LogP contribution in [-0.2, 0) is 17.9 Å². The number of imidazole rings is 1. The van der Waals surface area contributed by atoms with E-state index in [2.05, 4.69) is 22.4 Å². The molecular weight excluding hydrogens is 359 g/mol. The highest BCUT2D eigenvalue weighted by molar-refractivity contribution is 5.85. The fourth-order valence-corrected chi connectivity index (χ4v) is 2.53. The number of amides is 1. The Bertz CT molecular complexity index is 591. The lowest BCUT2D eigenvalue weighted by Crippen LogP contribution is -2.23. The van der Waals surface area contributed by atoms with Crippen molar-refractivity contribution in [2.75, 3.05) is 6.54 Å². The van der Waals surface area contributed by atoms with Crippen LogP contribution in [0.2, 0.25) is 0 Å². The Labute approximate surface area is 162 Å². The van der Waals surface area contributed by atoms with Crippen molar-refractivity contribution in [1.29, 1.82) is 0 Å². The summed E-state index contributed by atoms with van der Waals surface area (Å²) in [5.41, 5.74) is 7.81. The van der Waals surface area contributed by atoms with Gasteiger partial charge in [-0.05, 0) is 30.5 Å². The van der Waals surface area contributed by atoms with Crippen molar-refractivity contribution in [2.45, 2.75) is 45.2 Å². The highest BCUT2D eigenvalue weighted by atomic mass is 35.5. The maximum Gasteiger partial charge on any atom is 0.220 e. The lowest BCUT2D eigenvalue weighted by atomic mass is 10.1. The standard InChI is InChI=1S/C18H26N4O.2ClH/c19-10-6-2-1-3-9-18(23)21-13-16-7-4-5-8-17(16)14-22-12-11-20-15-22;;/h4-5,7-8,11-12,15H,1-3,6,9-10,13-14,19H2,(H,21,23);2*1H. The van der Waals surface area contributed by atoms with Gasteiger partial charge in [-0.15, -0.1) is 24.8 Å². The number of benzene rings is 1. The van der Waals surface area contributed by atoms with Crippen LogP contribution in [0.25, 0.3) is 0 Å². The van der Waals surface area contributed by atoms with Crippen LogP contribution >= 0.6 is 24.8 Å². The molecule has 1 aromatic carbocycles. The normalized spacial score (nSPS) is 9.80. The molecule has 1 heterocycles. The highest BCUT2D eigenvalue weighted by Gasteiger charge is 2.05. The van der Waals surface area contributed by atoms with E-state index < -0.39 is 0 Å². The number of unbranched alkanes of at least 4 members (excludes halogenated alkanes) is 3. The summed E-state index contributed by atoms with van der Waals surface area (Å²) >= 11 is 0. The van der Waals surface area contributed by atoms with E-state index in [4.69, 9.17) is 5.73 Å². The first-order chi connectivity index (χ1) is 11.3. The Balaban J connectivity index is 0.00000288. The van der Waals surface area contributed by atoms with E-state index >= 15 is 0 Å². The third-order valence-electron chi connectivity index (χ3n) is 3.86. The SMILES string of the molecule is Cl.Cl.NCCCCCCC(=O)NCc1ccccc1Cn1ccnc1. The summed E-state index contributed by atoms with van der Waals surface area (Å²) in [5.74, 6) is 0.121. The van der Waals surface area contributed by atoms with Gasteiger partial charge in [0.1, 0.15) is 0 Å². The predicted molar refractivity (Wildman–Crippen MR) is 106 cm³/mol. The van der Waals surface area contributed by atoms with Gasteiger partial charge in [0, 0.05) is 31.9 Å². The quantitative estimate of drug-likeness (QED) is 0.615. The van der Waals surface area contributed by atoms with Crippen LogP contribution < -0.4 is 11.1 Å². The zero-order valence-corrected chi connectivity index (χ0v) is 16.0. The maximum absolute atomic E-state index is 11.9. The summed E-state index contributed by atoms with van der Waals surface area (Å²) in [6.07, 6.45) is 10.3. The number of carbonyl (C=O) groups is 1. The summed E-state index contributed by atoms with van der Waals surface area (Å²) in [6.45, 7) is 2.08. The second-order valence-corrected chi connectivity index (χ2v) is 5.73. The molecule has 2 rings (SSSR count). The molecule has 0 atom stereocenters. The van der Waals surface area contributed by atoms with E-state index in [0.717, 1.165) is 44.3 Å². The van der Waals surface area contributed by atoms with Crippen molar-refractivity contribution in [2.24, 2.45) is 5.73 Å². The molecule has 0 bridgehead atoms. The lowest BCUT2D eigenvalue weighted by molar-refractivity contribution is -0.121. The van der Waals surface area contributed by atoms with Crippen LogP contribution in [0.5, 0.6) is 0 Å². The molecule has 7 heteroatoms. The van der Waals surface area contributed by atoms with Gasteiger partial charge in [-0.2, -0.15) is 0 Å². The number of nitrogens with one attached hydrogen (secondary N) is 1. The Hall–Kier alpha value is -1.56. The molecule has 3 N–H and O–H groups in total. The van der Waals surface area contributed by atoms with Crippen LogP contribution in [0, 0.1) is 0 Å². The Kier molecular flexibility index (Phi) is 12.8. The van der Waals surface area contributed by atoms with Crippen molar-refractivity contribution in [3.63, 3.8) is 0 Å². The van der Waals surface area contributed by atoms with Crippen LogP contribution in [0.3, 0.4) is 0 Å². The molecule has 0 radical (unpaired) electrons. The van der Waals surface area contributed by atoms with Crippen LogP contribution in [-0.4, -0.2) is 22.0 Å². The van der Waals surface area contributed by atoms with E-state index in [-0.39, 0.29) is 30.7 Å². The van der Waals surface area contributed by atoms with Gasteiger partial charge in [0.2, 0.25) is 5.91 Å². The molecule has 0 unspecified atom stereocenters. The van der Waals surface area contributed by atoms with Crippen LogP contribution in [0.4, 0.5) is 0 Å². The van der Waals surface area contributed by atoms with E-state index in [9.17, 15) is 4.79 Å². The van der Waals surface area contributed by atoms with Crippen molar-refractivity contribution in [1.82, 2.24) is 14.9 Å². The first kappa shape index (κ1) is 23.4. The minimum atomic E-state index is 0. The third-order valence-corrected chi connectivity index (χ3v) is 3.86. The first-order valence-electron chi connectivity index (χ1n) is 8.29. The third kappa shape index (κ3) is 8.91. The van der Waals surface area contributed by atoms with Crippen molar-refractivity contribution >= 4 is 30.7 Å². The molecule has 0 fully saturated rings. The second-order valence-electron chi connectivity index (χ2n) is 5.73. The number of hydrogen-bond acceptors (Lipinski definition) is 3. The van der Waals surface area contributed by atoms with E-state index in [1.165, 1.54) is 5.56 Å². The summed E-state index contributed by atoms with van der Waals surface area (Å²) in [4.78, 5) is 16.0. The summed E-state index contributed by atoms with van der Waals surface area (Å²) < 4.78 is 2.03. The van der Waals surface area contributed by atoms with Crippen LogP contribution in [0.1, 0.15) is 43.2 Å². The largest absolute Gasteiger partial charge is 0.352 e. The maximum atomic E-state index is 11.9. The zero-order valence-electron chi connectivity index (χ0n) is 14.4. The van der Waals surface area contributed by atoms with Gasteiger partial charge in [0.25, 0.3) is 0 Å². The lowest BCUT2D eigenvalue weighted by Gasteiger charge is -2.11. The first-order valence-corrected chi connectivity index (χ1v) is 8.29. The zero-order chi connectivity index (χ0) is 16.3. The van der Waals surface area contributed by atoms with E-state index in [1.54, 1.807) is 12.5 Å². The molecule has 0 saturated carbocycles. The number of nitrogens with zero attached hydrogens (tertiary/aromatic N) is 2. The Morgan fingerprint density at radius 2 is 1.80 bits per heavy atom. The van der Waals surface area contributed by atoms with Crippen molar-refractivity contribution in [3.05, 3.63) is 54.1 Å². The average Bonchev–Trinajstić information content (AvgIpc) is 3.07. The van der Waals surface area contributed by atoms with E-state index in [1.807, 2.05) is 22.9 Å². The summed E-state index contributed by atoms with van der Waals surface area (Å²) in [7, 11) is 0. The molecule has 0 aliphatic heterocycles. The topological polar surface area (TPSA) is 72.9 Å². The molecule has 0 aliphatic rings. The van der Waals surface area contributed by atoms with Crippen molar-refractivity contribution in [3.8, 4) is 0 Å². The fourth-order valence-electron chi connectivity index (χ4n) is 2.53. The number of hydrogen-bond donors (Lipinski definition) is 2. The predicted octanol–water partition coefficient (Wildman–Crippen LogP) is 3.30. The van der Waals surface area contributed by atoms with Gasteiger partial charge in [-0.25, -0.2) is 4.98 Å². The second kappa shape index (κ2) is 13.7. The van der Waals surface area contributed by atoms with Gasteiger partial charge in [-0.3, -0.25) is 4.79 Å². The van der Waals surface area contributed by atoms with Gasteiger partial charge < -0.3 is 15.6 Å². The molecule has 0 spiro atoms. The molecule has 1 amide bonds. The number of nitrogens with two attached hydrogens (primary N) is 1. The number of rotatable bonds is 10. The minimum Gasteiger partial charge on any atom is -0.352 e. The number of halogens is 2. The molecule has 0 aliphatic carbocycles. The number of aromatic nitrogens is 2. The number of carbonyl (C=O) groups excluding carboxylic acids is 1. The Morgan fingerprint density at radius 3 is 2.48 bits per heavy atom. The van der Waals surface area contributed by atoms with Gasteiger partial charge in [0.15, 0.2) is 0 Å². The molecule has 140 valence electrons. The van der Waals surface area contributed by atoms with E-state index in [0.29, 0.717) is 13.0 Å². The molecule has 2 aromatic rings. The van der Waals surface area contributed by atoms with Gasteiger partial charge in [-0.1, -0.05) is 37.1 Å². The average molecular weight is 387 g/mol. The highest BCUT2D eigenvalue weighted by Crippen LogP contribution is 2.11. The van der Waals surface area contributed by atoms with Crippen molar-refractivity contribution < 1.29 is 4.79 Å². The summed E-state index contributed by atoms with van der Waals surface area (Å²) in [5, 5.41) is 3.02. The van der Waals surface area contributed by atoms with Gasteiger partial charge >= 0.3 is 0 Å². The molecule has 0 saturated heterocycles. The van der Waals surface area contributed by atoms with Crippen LogP contribution in [0.15, 0.2) is 43.0 Å². The fraction of sp³-hybridized carbons (Fsp3) is 0.444. The molecule has 25 heavy (non-hydrogen) atoms. The summed E-state index contributed by atoms with van der Waals surface area (Å²) in [6, 6.07) is 8.18. The minimum absolute atomic E-state index is 0. The monoisotopic (exact) mass is 386 g/mol. The van der Waals surface area contributed by atoms with Gasteiger partial charge in [0.05, 0.1) is 6.33 Å². The molecule has 1 aromatic heterocycles. The molecular formula is C18H28Cl2N4O. The smallest absolute Gasteiger partial charge is 0.220 e. The molecule has 5 nitrogen and oxygen atoms in total. The Morgan fingerprint density at radius 1 is 1.08 bits per heavy atom.